The summed E-state index contributed by atoms with van der Waals surface area (Å²) in [5, 5.41) is 4.00. The fourth-order valence-corrected chi connectivity index (χ4v) is 1.68. The van der Waals surface area contributed by atoms with E-state index in [2.05, 4.69) is 9.84 Å². The van der Waals surface area contributed by atoms with Crippen LogP contribution in [0.25, 0.3) is 11.1 Å². The van der Waals surface area contributed by atoms with Crippen LogP contribution in [-0.4, -0.2) is 22.9 Å². The number of nitrogens with zero attached hydrogens (tertiary/aromatic N) is 2. The second-order valence-corrected chi connectivity index (χ2v) is 3.73. The molecule has 0 fully saturated rings. The molecule has 5 nitrogen and oxygen atoms in total. The highest BCUT2D eigenvalue weighted by Crippen LogP contribution is 2.29. The fraction of sp³-hybridized carbons (Fsp3) is 0.167. The minimum atomic E-state index is -0.582. The van der Waals surface area contributed by atoms with Gasteiger partial charge in [-0.15, -0.1) is 0 Å². The molecule has 0 saturated heterocycles. The second kappa shape index (κ2) is 4.48. The minimum absolute atomic E-state index is 0.115. The number of nitrogens with two attached hydrogens (primary N) is 1. The standard InChI is InChI=1S/C12H12FN3O2/c1-16-11(14)9(10(15-16)12(17)18-2)7-3-5-8(13)6-4-7/h3-6H,14H2,1-2H3. The minimum Gasteiger partial charge on any atom is -0.464 e. The first kappa shape index (κ1) is 12.1. The lowest BCUT2D eigenvalue weighted by Crippen LogP contribution is -2.04. The average Bonchev–Trinajstić information content (AvgIpc) is 2.66. The number of anilines is 1. The maximum atomic E-state index is 12.9. The zero-order chi connectivity index (χ0) is 13.3. The molecular formula is C12H12FN3O2. The molecule has 0 unspecified atom stereocenters. The van der Waals surface area contributed by atoms with E-state index >= 15 is 0 Å². The number of hydrogen-bond acceptors (Lipinski definition) is 4. The van der Waals surface area contributed by atoms with Crippen molar-refractivity contribution < 1.29 is 13.9 Å². The Balaban J connectivity index is 2.62. The Labute approximate surface area is 103 Å². The van der Waals surface area contributed by atoms with Crippen molar-refractivity contribution in [2.75, 3.05) is 12.8 Å². The van der Waals surface area contributed by atoms with Gasteiger partial charge in [0.2, 0.25) is 0 Å². The molecule has 0 spiro atoms. The lowest BCUT2D eigenvalue weighted by atomic mass is 10.1. The van der Waals surface area contributed by atoms with E-state index in [0.717, 1.165) is 0 Å². The predicted octanol–water partition coefficient (Wildman–Crippen LogP) is 1.59. The lowest BCUT2D eigenvalue weighted by Gasteiger charge is -2.03. The van der Waals surface area contributed by atoms with E-state index in [4.69, 9.17) is 5.73 Å². The van der Waals surface area contributed by atoms with Crippen LogP contribution in [0.2, 0.25) is 0 Å². The van der Waals surface area contributed by atoms with Gasteiger partial charge < -0.3 is 10.5 Å². The van der Waals surface area contributed by atoms with E-state index in [-0.39, 0.29) is 11.5 Å². The molecule has 94 valence electrons. The van der Waals surface area contributed by atoms with E-state index in [9.17, 15) is 9.18 Å². The number of nitrogen functional groups attached to an aromatic ring is 1. The third kappa shape index (κ3) is 1.92. The molecule has 1 aromatic heterocycles. The molecule has 2 N–H and O–H groups in total. The van der Waals surface area contributed by atoms with Gasteiger partial charge in [-0.25, -0.2) is 9.18 Å². The Morgan fingerprint density at radius 1 is 1.39 bits per heavy atom. The summed E-state index contributed by atoms with van der Waals surface area (Å²) in [6.45, 7) is 0. The van der Waals surface area contributed by atoms with Crippen molar-refractivity contribution in [1.82, 2.24) is 9.78 Å². The molecule has 0 radical (unpaired) electrons. The lowest BCUT2D eigenvalue weighted by molar-refractivity contribution is 0.0594. The van der Waals surface area contributed by atoms with Crippen LogP contribution in [0, 0.1) is 5.82 Å². The van der Waals surface area contributed by atoms with Crippen molar-refractivity contribution in [2.45, 2.75) is 0 Å². The normalized spacial score (nSPS) is 10.4. The third-order valence-corrected chi connectivity index (χ3v) is 2.60. The van der Waals surface area contributed by atoms with Crippen LogP contribution in [0.3, 0.4) is 0 Å². The Bertz CT molecular complexity index is 590. The zero-order valence-corrected chi connectivity index (χ0v) is 9.98. The summed E-state index contributed by atoms with van der Waals surface area (Å²) in [6, 6.07) is 5.66. The zero-order valence-electron chi connectivity index (χ0n) is 9.98. The van der Waals surface area contributed by atoms with Gasteiger partial charge in [-0.2, -0.15) is 5.10 Å². The summed E-state index contributed by atoms with van der Waals surface area (Å²) >= 11 is 0. The molecule has 2 aromatic rings. The fourth-order valence-electron chi connectivity index (χ4n) is 1.68. The van der Waals surface area contributed by atoms with E-state index in [1.165, 1.54) is 36.1 Å². The molecule has 0 aliphatic heterocycles. The van der Waals surface area contributed by atoms with Gasteiger partial charge in [0, 0.05) is 7.05 Å². The molecule has 6 heteroatoms. The van der Waals surface area contributed by atoms with Crippen LogP contribution in [0.5, 0.6) is 0 Å². The monoisotopic (exact) mass is 249 g/mol. The Morgan fingerprint density at radius 2 is 2.00 bits per heavy atom. The molecule has 18 heavy (non-hydrogen) atoms. The van der Waals surface area contributed by atoms with Crippen molar-refractivity contribution in [2.24, 2.45) is 7.05 Å². The summed E-state index contributed by atoms with van der Waals surface area (Å²) in [6.07, 6.45) is 0. The topological polar surface area (TPSA) is 70.1 Å². The van der Waals surface area contributed by atoms with Crippen LogP contribution < -0.4 is 5.73 Å². The number of aromatic nitrogens is 2. The first-order chi connectivity index (χ1) is 8.54. The highest BCUT2D eigenvalue weighted by molar-refractivity contribution is 5.98. The summed E-state index contributed by atoms with van der Waals surface area (Å²) in [4.78, 5) is 11.6. The highest BCUT2D eigenvalue weighted by atomic mass is 19.1. The molecule has 2 rings (SSSR count). The molecule has 0 aliphatic rings. The molecular weight excluding hydrogens is 237 g/mol. The van der Waals surface area contributed by atoms with Crippen molar-refractivity contribution >= 4 is 11.8 Å². The molecule has 1 aromatic carbocycles. The van der Waals surface area contributed by atoms with E-state index in [1.54, 1.807) is 7.05 Å². The highest BCUT2D eigenvalue weighted by Gasteiger charge is 2.22. The molecule has 0 amide bonds. The van der Waals surface area contributed by atoms with E-state index in [0.29, 0.717) is 16.9 Å². The van der Waals surface area contributed by atoms with Gasteiger partial charge in [-0.3, -0.25) is 4.68 Å². The number of benzene rings is 1. The number of halogens is 1. The van der Waals surface area contributed by atoms with Gasteiger partial charge in [-0.1, -0.05) is 12.1 Å². The third-order valence-electron chi connectivity index (χ3n) is 2.60. The Kier molecular flexibility index (Phi) is 3.01. The molecule has 1 heterocycles. The van der Waals surface area contributed by atoms with Crippen molar-refractivity contribution in [3.05, 3.63) is 35.8 Å². The number of esters is 1. The SMILES string of the molecule is COC(=O)c1nn(C)c(N)c1-c1ccc(F)cc1. The van der Waals surface area contributed by atoms with Crippen LogP contribution >= 0.6 is 0 Å². The van der Waals surface area contributed by atoms with Crippen molar-refractivity contribution in [1.29, 1.82) is 0 Å². The summed E-state index contributed by atoms with van der Waals surface area (Å²) in [5.41, 5.74) is 7.04. The van der Waals surface area contributed by atoms with Gasteiger partial charge in [0.25, 0.3) is 0 Å². The number of methoxy groups -OCH3 is 1. The number of hydrogen-bond donors (Lipinski definition) is 1. The number of carbonyl (C=O) groups excluding carboxylic acids is 1. The van der Waals surface area contributed by atoms with Crippen molar-refractivity contribution in [3.63, 3.8) is 0 Å². The van der Waals surface area contributed by atoms with E-state index < -0.39 is 5.97 Å². The molecule has 0 aliphatic carbocycles. The quantitative estimate of drug-likeness (QED) is 0.820. The first-order valence-corrected chi connectivity index (χ1v) is 5.21. The second-order valence-electron chi connectivity index (χ2n) is 3.73. The summed E-state index contributed by atoms with van der Waals surface area (Å²) in [7, 11) is 2.89. The summed E-state index contributed by atoms with van der Waals surface area (Å²) in [5.74, 6) is -0.621. The predicted molar refractivity (Wildman–Crippen MR) is 64.4 cm³/mol. The van der Waals surface area contributed by atoms with Gasteiger partial charge in [0.05, 0.1) is 12.7 Å². The van der Waals surface area contributed by atoms with E-state index in [1.807, 2.05) is 0 Å². The largest absolute Gasteiger partial charge is 0.464 e. The first-order valence-electron chi connectivity index (χ1n) is 5.21. The van der Waals surface area contributed by atoms with Gasteiger partial charge in [0.1, 0.15) is 11.6 Å². The maximum Gasteiger partial charge on any atom is 0.359 e. The number of carbonyl (C=O) groups is 1. The Morgan fingerprint density at radius 3 is 2.56 bits per heavy atom. The van der Waals surface area contributed by atoms with Gasteiger partial charge in [0.15, 0.2) is 5.69 Å². The van der Waals surface area contributed by atoms with Crippen LogP contribution in [-0.2, 0) is 11.8 Å². The smallest absolute Gasteiger partial charge is 0.359 e. The summed E-state index contributed by atoms with van der Waals surface area (Å²) < 4.78 is 18.9. The number of rotatable bonds is 2. The Hall–Kier alpha value is -2.37. The van der Waals surface area contributed by atoms with Gasteiger partial charge in [-0.05, 0) is 17.7 Å². The number of ether oxygens (including phenoxy) is 1. The van der Waals surface area contributed by atoms with Crippen LogP contribution in [0.15, 0.2) is 24.3 Å². The van der Waals surface area contributed by atoms with Crippen LogP contribution in [0.4, 0.5) is 10.2 Å². The van der Waals surface area contributed by atoms with Crippen molar-refractivity contribution in [3.8, 4) is 11.1 Å². The maximum absolute atomic E-state index is 12.9. The van der Waals surface area contributed by atoms with Crippen LogP contribution in [0.1, 0.15) is 10.5 Å². The van der Waals surface area contributed by atoms with Gasteiger partial charge >= 0.3 is 5.97 Å². The molecule has 0 saturated carbocycles. The molecule has 0 atom stereocenters. The molecule has 0 bridgehead atoms. The number of aryl methyl sites for hydroxylation is 1. The average molecular weight is 249 g/mol.